The molecule has 2 saturated heterocycles. The molecular weight excluding hydrogens is 443 g/mol. The summed E-state index contributed by atoms with van der Waals surface area (Å²) in [7, 11) is 3.82. The predicted octanol–water partition coefficient (Wildman–Crippen LogP) is 3.18. The molecule has 0 spiro atoms. The van der Waals surface area contributed by atoms with Gasteiger partial charge in [-0.2, -0.15) is 0 Å². The number of anilines is 1. The third-order valence-electron chi connectivity index (χ3n) is 7.68. The number of hydrogen-bond donors (Lipinski definition) is 1. The van der Waals surface area contributed by atoms with E-state index >= 15 is 0 Å². The zero-order valence-corrected chi connectivity index (χ0v) is 20.7. The van der Waals surface area contributed by atoms with E-state index in [1.54, 1.807) is 13.2 Å². The molecule has 2 fully saturated rings. The summed E-state index contributed by atoms with van der Waals surface area (Å²) in [6, 6.07) is 13.4. The van der Waals surface area contributed by atoms with Crippen molar-refractivity contribution in [3.8, 4) is 5.75 Å². The summed E-state index contributed by atoms with van der Waals surface area (Å²) < 4.78 is 19.4. The van der Waals surface area contributed by atoms with Crippen molar-refractivity contribution in [3.05, 3.63) is 65.0 Å². The van der Waals surface area contributed by atoms with Crippen molar-refractivity contribution in [1.82, 2.24) is 15.1 Å². The van der Waals surface area contributed by atoms with Crippen LogP contribution in [0.5, 0.6) is 5.75 Å². The third kappa shape index (κ3) is 5.21. The van der Waals surface area contributed by atoms with Crippen LogP contribution in [0.4, 0.5) is 10.1 Å². The number of benzene rings is 2. The number of likely N-dealkylation sites (tertiary alicyclic amines) is 1. The van der Waals surface area contributed by atoms with Gasteiger partial charge in [-0.15, -0.1) is 0 Å². The molecule has 7 heteroatoms. The lowest BCUT2D eigenvalue weighted by molar-refractivity contribution is -0.127. The number of amides is 1. The molecule has 2 heterocycles. The first-order valence-electron chi connectivity index (χ1n) is 12.6. The topological polar surface area (TPSA) is 48.1 Å². The Hall–Kier alpha value is -2.90. The fourth-order valence-electron chi connectivity index (χ4n) is 5.46. The standard InChI is InChI=1S/C28H35FN4O2/c1-31-11-9-22(10-12-31)30-19-27-25-18-21(29)4-3-20(25)17-26(27)28(34)33-15-13-32(14-16-33)23-5-7-24(35-2)8-6-23/h3-8,18,22,30H,9-17,19H2,1-2H3. The second kappa shape index (κ2) is 10.4. The van der Waals surface area contributed by atoms with Crippen LogP contribution < -0.4 is 15.0 Å². The molecule has 186 valence electrons. The van der Waals surface area contributed by atoms with Crippen molar-refractivity contribution in [2.45, 2.75) is 25.3 Å². The first kappa shape index (κ1) is 23.8. The second-order valence-corrected chi connectivity index (χ2v) is 9.87. The monoisotopic (exact) mass is 478 g/mol. The van der Waals surface area contributed by atoms with Gasteiger partial charge in [0.1, 0.15) is 11.6 Å². The van der Waals surface area contributed by atoms with Crippen molar-refractivity contribution >= 4 is 17.2 Å². The van der Waals surface area contributed by atoms with Gasteiger partial charge in [0, 0.05) is 56.4 Å². The van der Waals surface area contributed by atoms with Crippen LogP contribution in [0.15, 0.2) is 48.0 Å². The van der Waals surface area contributed by atoms with Crippen molar-refractivity contribution < 1.29 is 13.9 Å². The predicted molar refractivity (Wildman–Crippen MR) is 137 cm³/mol. The summed E-state index contributed by atoms with van der Waals surface area (Å²) in [5.41, 5.74) is 4.88. The van der Waals surface area contributed by atoms with Gasteiger partial charge in [0.25, 0.3) is 5.91 Å². The summed E-state index contributed by atoms with van der Waals surface area (Å²) in [6.45, 7) is 5.69. The number of piperidine rings is 1. The summed E-state index contributed by atoms with van der Waals surface area (Å²) >= 11 is 0. The Morgan fingerprint density at radius 2 is 1.74 bits per heavy atom. The van der Waals surface area contributed by atoms with E-state index in [4.69, 9.17) is 4.74 Å². The lowest BCUT2D eigenvalue weighted by Gasteiger charge is -2.36. The molecule has 2 aromatic carbocycles. The van der Waals surface area contributed by atoms with E-state index in [1.165, 1.54) is 6.07 Å². The van der Waals surface area contributed by atoms with Crippen LogP contribution in [0.1, 0.15) is 24.0 Å². The summed E-state index contributed by atoms with van der Waals surface area (Å²) in [6.07, 6.45) is 2.77. The second-order valence-electron chi connectivity index (χ2n) is 9.87. The van der Waals surface area contributed by atoms with Crippen molar-refractivity contribution in [2.24, 2.45) is 0 Å². The first-order chi connectivity index (χ1) is 17.0. The molecule has 2 aliphatic heterocycles. The van der Waals surface area contributed by atoms with Gasteiger partial charge in [0.2, 0.25) is 0 Å². The van der Waals surface area contributed by atoms with Crippen LogP contribution in [-0.2, 0) is 11.2 Å². The molecule has 1 amide bonds. The molecule has 1 aliphatic carbocycles. The Labute approximate surface area is 207 Å². The molecule has 3 aliphatic rings. The molecule has 2 aromatic rings. The maximum Gasteiger partial charge on any atom is 0.250 e. The molecule has 0 bridgehead atoms. The smallest absolute Gasteiger partial charge is 0.250 e. The molecular formula is C28H35FN4O2. The Bertz CT molecular complexity index is 1080. The number of nitrogens with zero attached hydrogens (tertiary/aromatic N) is 3. The van der Waals surface area contributed by atoms with Crippen LogP contribution in [0.25, 0.3) is 5.57 Å². The van der Waals surface area contributed by atoms with Crippen LogP contribution in [0.3, 0.4) is 0 Å². The minimum absolute atomic E-state index is 0.0937. The number of rotatable bonds is 6. The van der Waals surface area contributed by atoms with E-state index in [0.29, 0.717) is 32.1 Å². The highest BCUT2D eigenvalue weighted by Gasteiger charge is 2.31. The SMILES string of the molecule is COc1ccc(N2CCN(C(=O)C3=C(CNC4CCN(C)CC4)c4cc(F)ccc4C3)CC2)cc1. The van der Waals surface area contributed by atoms with Gasteiger partial charge in [0.05, 0.1) is 7.11 Å². The van der Waals surface area contributed by atoms with E-state index < -0.39 is 0 Å². The van der Waals surface area contributed by atoms with Crippen LogP contribution in [0, 0.1) is 5.82 Å². The fraction of sp³-hybridized carbons (Fsp3) is 0.464. The highest BCUT2D eigenvalue weighted by atomic mass is 19.1. The fourth-order valence-corrected chi connectivity index (χ4v) is 5.46. The molecule has 0 radical (unpaired) electrons. The molecule has 0 aromatic heterocycles. The van der Waals surface area contributed by atoms with E-state index in [0.717, 1.165) is 72.7 Å². The highest BCUT2D eigenvalue weighted by Crippen LogP contribution is 2.34. The van der Waals surface area contributed by atoms with Crippen molar-refractivity contribution in [1.29, 1.82) is 0 Å². The average molecular weight is 479 g/mol. The lowest BCUT2D eigenvalue weighted by Crippen LogP contribution is -2.49. The van der Waals surface area contributed by atoms with Crippen molar-refractivity contribution in [2.75, 3.05) is 64.9 Å². The van der Waals surface area contributed by atoms with Gasteiger partial charge in [-0.05, 0) is 86.1 Å². The molecule has 5 rings (SSSR count). The third-order valence-corrected chi connectivity index (χ3v) is 7.68. The quantitative estimate of drug-likeness (QED) is 0.691. The Kier molecular flexibility index (Phi) is 7.07. The van der Waals surface area contributed by atoms with Gasteiger partial charge in [-0.3, -0.25) is 4.79 Å². The van der Waals surface area contributed by atoms with E-state index in [-0.39, 0.29) is 11.7 Å². The number of fused-ring (bicyclic) bond motifs is 1. The van der Waals surface area contributed by atoms with Crippen molar-refractivity contribution in [3.63, 3.8) is 0 Å². The van der Waals surface area contributed by atoms with Crippen LogP contribution in [0.2, 0.25) is 0 Å². The average Bonchev–Trinajstić information content (AvgIpc) is 3.25. The molecule has 6 nitrogen and oxygen atoms in total. The molecule has 0 atom stereocenters. The van der Waals surface area contributed by atoms with Gasteiger partial charge in [-0.25, -0.2) is 4.39 Å². The highest BCUT2D eigenvalue weighted by molar-refractivity contribution is 6.04. The van der Waals surface area contributed by atoms with Crippen LogP contribution in [-0.4, -0.2) is 81.7 Å². The number of methoxy groups -OCH3 is 1. The Morgan fingerprint density at radius 3 is 2.43 bits per heavy atom. The summed E-state index contributed by atoms with van der Waals surface area (Å²) in [5, 5.41) is 3.67. The maximum absolute atomic E-state index is 14.2. The Balaban J connectivity index is 1.29. The largest absolute Gasteiger partial charge is 0.497 e. The van der Waals surface area contributed by atoms with E-state index in [9.17, 15) is 9.18 Å². The minimum atomic E-state index is -0.248. The zero-order valence-electron chi connectivity index (χ0n) is 20.7. The summed E-state index contributed by atoms with van der Waals surface area (Å²) in [5.74, 6) is 0.687. The number of carbonyl (C=O) groups excluding carboxylic acids is 1. The number of hydrogen-bond acceptors (Lipinski definition) is 5. The van der Waals surface area contributed by atoms with E-state index in [2.05, 4.69) is 34.3 Å². The van der Waals surface area contributed by atoms with Crippen LogP contribution >= 0.6 is 0 Å². The Morgan fingerprint density at radius 1 is 1.03 bits per heavy atom. The van der Waals surface area contributed by atoms with Gasteiger partial charge >= 0.3 is 0 Å². The first-order valence-corrected chi connectivity index (χ1v) is 12.6. The molecule has 1 N–H and O–H groups in total. The summed E-state index contributed by atoms with van der Waals surface area (Å²) in [4.78, 5) is 20.3. The molecule has 35 heavy (non-hydrogen) atoms. The lowest BCUT2D eigenvalue weighted by atomic mass is 10.0. The number of piperazine rings is 1. The maximum atomic E-state index is 14.2. The number of carbonyl (C=O) groups is 1. The minimum Gasteiger partial charge on any atom is -0.497 e. The van der Waals surface area contributed by atoms with Gasteiger partial charge < -0.3 is 24.8 Å². The number of nitrogens with one attached hydrogen (secondary N) is 1. The van der Waals surface area contributed by atoms with Gasteiger partial charge in [-0.1, -0.05) is 6.07 Å². The number of halogens is 1. The zero-order chi connectivity index (χ0) is 24.4. The van der Waals surface area contributed by atoms with E-state index in [1.807, 2.05) is 23.1 Å². The number of ether oxygens (including phenoxy) is 1. The normalized spacial score (nSPS) is 19.3. The molecule has 0 unspecified atom stereocenters. The van der Waals surface area contributed by atoms with Gasteiger partial charge in [0.15, 0.2) is 0 Å². The molecule has 0 saturated carbocycles.